The number of thiocarbonyl (C=S) groups is 1. The van der Waals surface area contributed by atoms with E-state index in [2.05, 4.69) is 15.9 Å². The topological polar surface area (TPSA) is 49.9 Å². The number of benzene rings is 4. The average Bonchev–Trinajstić information content (AvgIpc) is 2.92. The second-order valence-electron chi connectivity index (χ2n) is 8.40. The molecular weight excluding hydrogens is 584 g/mol. The van der Waals surface area contributed by atoms with Gasteiger partial charge in [0.15, 0.2) is 5.11 Å². The van der Waals surface area contributed by atoms with E-state index < -0.39 is 11.8 Å². The van der Waals surface area contributed by atoms with E-state index in [9.17, 15) is 9.59 Å². The molecule has 1 heterocycles. The molecule has 0 spiro atoms. The van der Waals surface area contributed by atoms with Gasteiger partial charge in [-0.3, -0.25) is 19.4 Å². The summed E-state index contributed by atoms with van der Waals surface area (Å²) in [6, 6.07) is 30.9. The first-order chi connectivity index (χ1) is 18.4. The maximum atomic E-state index is 13.6. The Bertz CT molecular complexity index is 1500. The van der Waals surface area contributed by atoms with Crippen LogP contribution in [0.4, 0.5) is 11.4 Å². The third kappa shape index (κ3) is 5.41. The highest BCUT2D eigenvalue weighted by Crippen LogP contribution is 2.32. The Labute approximate surface area is 239 Å². The van der Waals surface area contributed by atoms with Gasteiger partial charge < -0.3 is 4.74 Å². The molecule has 0 aliphatic carbocycles. The number of carbonyl (C=O) groups is 2. The van der Waals surface area contributed by atoms with Crippen molar-refractivity contribution >= 4 is 74.1 Å². The van der Waals surface area contributed by atoms with Crippen molar-refractivity contribution in [1.29, 1.82) is 0 Å². The van der Waals surface area contributed by atoms with Gasteiger partial charge in [-0.25, -0.2) is 0 Å². The lowest BCUT2D eigenvalue weighted by molar-refractivity contribution is -0.120. The molecule has 0 radical (unpaired) electrons. The fraction of sp³-hybridized carbons (Fsp3) is 0.0333. The summed E-state index contributed by atoms with van der Waals surface area (Å²) < 4.78 is 6.62. The van der Waals surface area contributed by atoms with Crippen molar-refractivity contribution in [2.45, 2.75) is 6.61 Å². The van der Waals surface area contributed by atoms with Crippen LogP contribution >= 0.6 is 39.7 Å². The highest BCUT2D eigenvalue weighted by molar-refractivity contribution is 9.10. The third-order valence-electron chi connectivity index (χ3n) is 5.83. The lowest BCUT2D eigenvalue weighted by Gasteiger charge is -2.36. The molecule has 1 aliphatic rings. The summed E-state index contributed by atoms with van der Waals surface area (Å²) in [5.41, 5.74) is 2.73. The fourth-order valence-electron chi connectivity index (χ4n) is 4.02. The summed E-state index contributed by atoms with van der Waals surface area (Å²) in [4.78, 5) is 30.0. The third-order valence-corrected chi connectivity index (χ3v) is 7.05. The van der Waals surface area contributed by atoms with Crippen LogP contribution in [0.1, 0.15) is 11.1 Å². The van der Waals surface area contributed by atoms with Crippen molar-refractivity contribution in [3.63, 3.8) is 0 Å². The Hall–Kier alpha value is -3.78. The minimum Gasteiger partial charge on any atom is -0.488 e. The summed E-state index contributed by atoms with van der Waals surface area (Å²) in [6.45, 7) is 0.339. The average molecular weight is 604 g/mol. The van der Waals surface area contributed by atoms with Crippen molar-refractivity contribution in [3.05, 3.63) is 129 Å². The zero-order valence-corrected chi connectivity index (χ0v) is 23.0. The van der Waals surface area contributed by atoms with Gasteiger partial charge in [0, 0.05) is 5.02 Å². The smallest absolute Gasteiger partial charge is 0.270 e. The molecule has 0 unspecified atom stereocenters. The van der Waals surface area contributed by atoms with Crippen LogP contribution in [-0.2, 0) is 16.2 Å². The number of amides is 2. The van der Waals surface area contributed by atoms with Gasteiger partial charge in [-0.2, -0.15) is 0 Å². The predicted molar refractivity (Wildman–Crippen MR) is 158 cm³/mol. The zero-order chi connectivity index (χ0) is 26.6. The van der Waals surface area contributed by atoms with E-state index in [1.165, 1.54) is 9.80 Å². The molecule has 188 valence electrons. The van der Waals surface area contributed by atoms with Gasteiger partial charge in [-0.1, -0.05) is 66.2 Å². The van der Waals surface area contributed by atoms with E-state index in [0.717, 1.165) is 5.56 Å². The number of hydrogen-bond donors (Lipinski definition) is 0. The number of hydrogen-bond acceptors (Lipinski definition) is 4. The van der Waals surface area contributed by atoms with Gasteiger partial charge in [0.05, 0.1) is 15.8 Å². The molecule has 0 saturated carbocycles. The SMILES string of the molecule is O=C1C(=Cc2ccc(OCc3cccc(Cl)c3)c(Br)c2)C(=O)N(c2ccccc2)C(=S)N1c1ccccc1. The summed E-state index contributed by atoms with van der Waals surface area (Å²) in [6.07, 6.45) is 1.57. The maximum absolute atomic E-state index is 13.6. The highest BCUT2D eigenvalue weighted by atomic mass is 79.9. The number of carbonyl (C=O) groups excluding carboxylic acids is 2. The highest BCUT2D eigenvalue weighted by Gasteiger charge is 2.41. The number of anilines is 2. The molecule has 0 atom stereocenters. The molecule has 5 rings (SSSR count). The van der Waals surface area contributed by atoms with E-state index >= 15 is 0 Å². The largest absolute Gasteiger partial charge is 0.488 e. The van der Waals surface area contributed by atoms with Gasteiger partial charge in [0.1, 0.15) is 17.9 Å². The molecule has 4 aromatic rings. The molecule has 1 fully saturated rings. The van der Waals surface area contributed by atoms with Crippen LogP contribution in [0.15, 0.2) is 113 Å². The predicted octanol–water partition coefficient (Wildman–Crippen LogP) is 7.43. The van der Waals surface area contributed by atoms with Crippen molar-refractivity contribution < 1.29 is 14.3 Å². The van der Waals surface area contributed by atoms with Gasteiger partial charge in [0.2, 0.25) is 0 Å². The molecule has 0 aromatic heterocycles. The van der Waals surface area contributed by atoms with Crippen LogP contribution in [0.25, 0.3) is 6.08 Å². The van der Waals surface area contributed by atoms with Crippen LogP contribution in [0, 0.1) is 0 Å². The second-order valence-corrected chi connectivity index (χ2v) is 10.1. The number of rotatable bonds is 6. The summed E-state index contributed by atoms with van der Waals surface area (Å²) in [5.74, 6) is -0.363. The quantitative estimate of drug-likeness (QED) is 0.131. The second kappa shape index (κ2) is 11.3. The van der Waals surface area contributed by atoms with Crippen molar-refractivity contribution in [1.82, 2.24) is 0 Å². The monoisotopic (exact) mass is 602 g/mol. The van der Waals surface area contributed by atoms with E-state index in [0.29, 0.717) is 38.8 Å². The first-order valence-corrected chi connectivity index (χ1v) is 13.2. The van der Waals surface area contributed by atoms with Crippen molar-refractivity contribution in [2.24, 2.45) is 0 Å². The van der Waals surface area contributed by atoms with Gasteiger partial charge >= 0.3 is 0 Å². The summed E-state index contributed by atoms with van der Waals surface area (Å²) in [5, 5.41) is 0.739. The fourth-order valence-corrected chi connectivity index (χ4v) is 5.12. The Morgan fingerprint density at radius 1 is 0.789 bits per heavy atom. The molecular formula is C30H20BrClN2O3S. The van der Waals surface area contributed by atoms with Crippen molar-refractivity contribution in [2.75, 3.05) is 9.80 Å². The molecule has 5 nitrogen and oxygen atoms in total. The normalized spacial score (nSPS) is 13.6. The van der Waals surface area contributed by atoms with E-state index in [4.69, 9.17) is 28.6 Å². The molecule has 2 amide bonds. The molecule has 0 N–H and O–H groups in total. The van der Waals surface area contributed by atoms with Crippen molar-refractivity contribution in [3.8, 4) is 5.75 Å². The molecule has 1 saturated heterocycles. The standard InChI is InChI=1S/C30H20BrClN2O3S/c31-26-18-20(14-15-27(26)37-19-21-8-7-9-22(32)16-21)17-25-28(35)33(23-10-3-1-4-11-23)30(38)34(29(25)36)24-12-5-2-6-13-24/h1-18H,19H2. The van der Waals surface area contributed by atoms with E-state index in [-0.39, 0.29) is 10.7 Å². The molecule has 8 heteroatoms. The Balaban J connectivity index is 1.48. The van der Waals surface area contributed by atoms with Crippen LogP contribution < -0.4 is 14.5 Å². The number of para-hydroxylation sites is 2. The first kappa shape index (κ1) is 25.9. The summed E-state index contributed by atoms with van der Waals surface area (Å²) in [7, 11) is 0. The van der Waals surface area contributed by atoms with Crippen LogP contribution in [-0.4, -0.2) is 16.9 Å². The molecule has 0 bridgehead atoms. The minimum absolute atomic E-state index is 0.00852. The minimum atomic E-state index is -0.490. The molecule has 38 heavy (non-hydrogen) atoms. The van der Waals surface area contributed by atoms with Crippen LogP contribution in [0.5, 0.6) is 5.75 Å². The van der Waals surface area contributed by atoms with E-state index in [1.54, 1.807) is 48.5 Å². The Morgan fingerprint density at radius 2 is 1.39 bits per heavy atom. The number of nitrogens with zero attached hydrogens (tertiary/aromatic N) is 2. The van der Waals surface area contributed by atoms with Crippen LogP contribution in [0.3, 0.4) is 0 Å². The zero-order valence-electron chi connectivity index (χ0n) is 19.9. The van der Waals surface area contributed by atoms with Gasteiger partial charge in [-0.15, -0.1) is 0 Å². The van der Waals surface area contributed by atoms with Gasteiger partial charge in [0.25, 0.3) is 11.8 Å². The van der Waals surface area contributed by atoms with Crippen LogP contribution in [0.2, 0.25) is 5.02 Å². The number of halogens is 2. The lowest BCUT2D eigenvalue weighted by atomic mass is 10.0. The Morgan fingerprint density at radius 3 is 1.95 bits per heavy atom. The van der Waals surface area contributed by atoms with E-state index in [1.807, 2.05) is 60.7 Å². The lowest BCUT2D eigenvalue weighted by Crippen LogP contribution is -2.56. The maximum Gasteiger partial charge on any atom is 0.270 e. The first-order valence-electron chi connectivity index (χ1n) is 11.6. The Kier molecular flexibility index (Phi) is 7.69. The number of ether oxygens (including phenoxy) is 1. The summed E-state index contributed by atoms with van der Waals surface area (Å²) >= 11 is 15.3. The molecule has 4 aromatic carbocycles. The molecule has 1 aliphatic heterocycles. The van der Waals surface area contributed by atoms with Gasteiger partial charge in [-0.05, 0) is 93.9 Å².